The fourth-order valence-corrected chi connectivity index (χ4v) is 4.01. The van der Waals surface area contributed by atoms with Gasteiger partial charge in [0.2, 0.25) is 0 Å². The van der Waals surface area contributed by atoms with E-state index in [0.29, 0.717) is 62.3 Å². The number of nitrogen functional groups attached to an aromatic ring is 1. The molecule has 2 saturated heterocycles. The monoisotopic (exact) mass is 407 g/mol. The number of likely N-dealkylation sites (tertiary alicyclic amines) is 1. The molecule has 1 amide bonds. The van der Waals surface area contributed by atoms with Gasteiger partial charge in [0.1, 0.15) is 13.2 Å². The van der Waals surface area contributed by atoms with E-state index in [1.807, 2.05) is 0 Å². The second-order valence-electron chi connectivity index (χ2n) is 7.68. The van der Waals surface area contributed by atoms with E-state index in [0.717, 1.165) is 25.9 Å². The number of fused-ring (bicyclic) bond motifs is 1. The zero-order valence-corrected chi connectivity index (χ0v) is 16.5. The predicted octanol–water partition coefficient (Wildman–Crippen LogP) is 0.216. The van der Waals surface area contributed by atoms with Crippen molar-refractivity contribution in [1.29, 1.82) is 0 Å². The molecule has 160 valence electrons. The van der Waals surface area contributed by atoms with Crippen molar-refractivity contribution >= 4 is 11.6 Å². The molecule has 4 N–H and O–H groups in total. The van der Waals surface area contributed by atoms with Crippen LogP contribution in [-0.2, 0) is 9.47 Å². The van der Waals surface area contributed by atoms with Crippen LogP contribution in [0.3, 0.4) is 0 Å². The van der Waals surface area contributed by atoms with Crippen LogP contribution >= 0.6 is 0 Å². The molecule has 0 aliphatic carbocycles. The number of benzene rings is 1. The van der Waals surface area contributed by atoms with E-state index >= 15 is 0 Å². The first-order chi connectivity index (χ1) is 14.1. The Labute approximate surface area is 170 Å². The normalized spacial score (nSPS) is 25.1. The third kappa shape index (κ3) is 4.92. The topological polar surface area (TPSA) is 116 Å². The molecule has 2 atom stereocenters. The summed E-state index contributed by atoms with van der Waals surface area (Å²) in [5.41, 5.74) is 6.70. The summed E-state index contributed by atoms with van der Waals surface area (Å²) in [7, 11) is 0. The van der Waals surface area contributed by atoms with E-state index in [-0.39, 0.29) is 18.1 Å². The Morgan fingerprint density at radius 3 is 2.79 bits per heavy atom. The van der Waals surface area contributed by atoms with Crippen LogP contribution in [0.4, 0.5) is 5.69 Å². The zero-order valence-electron chi connectivity index (χ0n) is 16.5. The maximum absolute atomic E-state index is 12.7. The molecule has 9 nitrogen and oxygen atoms in total. The lowest BCUT2D eigenvalue weighted by Gasteiger charge is -2.36. The number of β-amino-alcohol motifs (C(OH)–C–C–N with tert-alkyl or cyclic N) is 1. The minimum Gasteiger partial charge on any atom is -0.486 e. The van der Waals surface area contributed by atoms with Crippen molar-refractivity contribution in [2.45, 2.75) is 25.2 Å². The molecular weight excluding hydrogens is 378 g/mol. The molecule has 29 heavy (non-hydrogen) atoms. The number of rotatable bonds is 6. The molecule has 0 aromatic heterocycles. The van der Waals surface area contributed by atoms with Gasteiger partial charge in [0.05, 0.1) is 24.9 Å². The molecule has 9 heteroatoms. The van der Waals surface area contributed by atoms with Gasteiger partial charge in [0.25, 0.3) is 5.91 Å². The number of piperidine rings is 1. The number of carbonyl (C=O) groups is 1. The molecule has 1 aromatic rings. The van der Waals surface area contributed by atoms with Gasteiger partial charge in [-0.1, -0.05) is 0 Å². The number of aliphatic hydroxyl groups is 1. The summed E-state index contributed by atoms with van der Waals surface area (Å²) in [6.07, 6.45) is 0.988. The van der Waals surface area contributed by atoms with Crippen molar-refractivity contribution in [3.05, 3.63) is 17.7 Å². The first-order valence-electron chi connectivity index (χ1n) is 10.2. The lowest BCUT2D eigenvalue weighted by atomic mass is 9.93. The van der Waals surface area contributed by atoms with Crippen LogP contribution in [0.5, 0.6) is 11.5 Å². The van der Waals surface area contributed by atoms with Crippen LogP contribution in [-0.4, -0.2) is 80.9 Å². The molecule has 3 heterocycles. The van der Waals surface area contributed by atoms with Gasteiger partial charge < -0.3 is 40.0 Å². The molecule has 0 unspecified atom stereocenters. The highest BCUT2D eigenvalue weighted by molar-refractivity contribution is 5.99. The Bertz CT molecular complexity index is 724. The third-order valence-electron chi connectivity index (χ3n) is 5.61. The quantitative estimate of drug-likeness (QED) is 0.574. The molecule has 0 radical (unpaired) electrons. The Kier molecular flexibility index (Phi) is 6.39. The Morgan fingerprint density at radius 1 is 1.21 bits per heavy atom. The van der Waals surface area contributed by atoms with Crippen LogP contribution < -0.4 is 20.5 Å². The number of nitrogens with zero attached hydrogens (tertiary/aromatic N) is 1. The van der Waals surface area contributed by atoms with E-state index in [2.05, 4.69) is 10.2 Å². The second-order valence-corrected chi connectivity index (χ2v) is 7.68. The summed E-state index contributed by atoms with van der Waals surface area (Å²) in [5.74, 6) is 0.645. The Balaban J connectivity index is 1.27. The molecule has 3 aliphatic rings. The van der Waals surface area contributed by atoms with Crippen LogP contribution in [0.1, 0.15) is 23.2 Å². The number of aliphatic hydroxyl groups excluding tert-OH is 1. The lowest BCUT2D eigenvalue weighted by molar-refractivity contribution is -0.0576. The fraction of sp³-hybridized carbons (Fsp3) is 0.650. The van der Waals surface area contributed by atoms with Crippen molar-refractivity contribution in [2.24, 2.45) is 5.92 Å². The molecule has 0 spiro atoms. The summed E-state index contributed by atoms with van der Waals surface area (Å²) in [4.78, 5) is 14.9. The average molecular weight is 407 g/mol. The van der Waals surface area contributed by atoms with Crippen molar-refractivity contribution in [2.75, 3.05) is 58.3 Å². The SMILES string of the molecule is Nc1cc2c(c(C(=O)NC[C@@H]3CCN(CCC4OCCO4)C[C@H]3O)c1)OCCO2. The fourth-order valence-electron chi connectivity index (χ4n) is 4.01. The van der Waals surface area contributed by atoms with Crippen LogP contribution in [0.15, 0.2) is 12.1 Å². The van der Waals surface area contributed by atoms with E-state index in [1.165, 1.54) is 0 Å². The van der Waals surface area contributed by atoms with Crippen molar-refractivity contribution in [3.8, 4) is 11.5 Å². The van der Waals surface area contributed by atoms with Crippen LogP contribution in [0.2, 0.25) is 0 Å². The number of carbonyl (C=O) groups excluding carboxylic acids is 1. The summed E-state index contributed by atoms with van der Waals surface area (Å²) in [6, 6.07) is 3.25. The van der Waals surface area contributed by atoms with Crippen molar-refractivity contribution in [3.63, 3.8) is 0 Å². The third-order valence-corrected chi connectivity index (χ3v) is 5.61. The van der Waals surface area contributed by atoms with Gasteiger partial charge in [0.15, 0.2) is 17.8 Å². The zero-order chi connectivity index (χ0) is 20.2. The molecule has 1 aromatic carbocycles. The van der Waals surface area contributed by atoms with Gasteiger partial charge in [-0.3, -0.25) is 4.79 Å². The highest BCUT2D eigenvalue weighted by Crippen LogP contribution is 2.36. The molecule has 2 fully saturated rings. The number of nitrogens with one attached hydrogen (secondary N) is 1. The van der Waals surface area contributed by atoms with E-state index in [1.54, 1.807) is 12.1 Å². The largest absolute Gasteiger partial charge is 0.486 e. The number of hydrogen-bond donors (Lipinski definition) is 3. The smallest absolute Gasteiger partial charge is 0.255 e. The van der Waals surface area contributed by atoms with Crippen LogP contribution in [0.25, 0.3) is 0 Å². The Hall–Kier alpha value is -2.07. The summed E-state index contributed by atoms with van der Waals surface area (Å²) in [6.45, 7) is 4.81. The number of hydrogen-bond acceptors (Lipinski definition) is 8. The van der Waals surface area contributed by atoms with Crippen molar-refractivity contribution < 1.29 is 28.8 Å². The standard InChI is InChI=1S/C20H29N3O6/c21-14-9-15(19-17(10-14)26-5-8-29-19)20(25)22-11-13-1-3-23(12-16(13)24)4-2-18-27-6-7-28-18/h9-10,13,16,18,24H,1-8,11-12,21H2,(H,22,25)/t13-,16+/m0/s1. The average Bonchev–Trinajstić information content (AvgIpc) is 3.24. The summed E-state index contributed by atoms with van der Waals surface area (Å²) < 4.78 is 22.1. The van der Waals surface area contributed by atoms with Gasteiger partial charge in [-0.05, 0) is 19.0 Å². The van der Waals surface area contributed by atoms with E-state index < -0.39 is 6.10 Å². The second kappa shape index (κ2) is 9.17. The van der Waals surface area contributed by atoms with Gasteiger partial charge >= 0.3 is 0 Å². The maximum atomic E-state index is 12.7. The van der Waals surface area contributed by atoms with Gasteiger partial charge in [0, 0.05) is 43.7 Å². The van der Waals surface area contributed by atoms with Crippen molar-refractivity contribution in [1.82, 2.24) is 10.2 Å². The highest BCUT2D eigenvalue weighted by atomic mass is 16.7. The molecule has 0 bridgehead atoms. The number of amides is 1. The molecule has 4 rings (SSSR count). The van der Waals surface area contributed by atoms with E-state index in [4.69, 9.17) is 24.7 Å². The maximum Gasteiger partial charge on any atom is 0.255 e. The molecular formula is C20H29N3O6. The van der Waals surface area contributed by atoms with Crippen LogP contribution in [0, 0.1) is 5.92 Å². The highest BCUT2D eigenvalue weighted by Gasteiger charge is 2.29. The van der Waals surface area contributed by atoms with E-state index in [9.17, 15) is 9.90 Å². The number of ether oxygens (including phenoxy) is 4. The minimum atomic E-state index is -0.496. The predicted molar refractivity (Wildman–Crippen MR) is 105 cm³/mol. The number of nitrogens with two attached hydrogens (primary N) is 1. The van der Waals surface area contributed by atoms with Gasteiger partial charge in [-0.25, -0.2) is 0 Å². The molecule has 3 aliphatic heterocycles. The first-order valence-corrected chi connectivity index (χ1v) is 10.2. The Morgan fingerprint density at radius 2 is 2.00 bits per heavy atom. The minimum absolute atomic E-state index is 0.00299. The number of anilines is 1. The lowest BCUT2D eigenvalue weighted by Crippen LogP contribution is -2.48. The molecule has 0 saturated carbocycles. The van der Waals surface area contributed by atoms with Gasteiger partial charge in [-0.15, -0.1) is 0 Å². The summed E-state index contributed by atoms with van der Waals surface area (Å²) in [5, 5.41) is 13.5. The first kappa shape index (κ1) is 20.2. The van der Waals surface area contributed by atoms with Gasteiger partial charge in [-0.2, -0.15) is 0 Å². The summed E-state index contributed by atoms with van der Waals surface area (Å²) >= 11 is 0.